The minimum Gasteiger partial charge on any atom is -0.477 e. The Labute approximate surface area is 371 Å². The highest BCUT2D eigenvalue weighted by atomic mass is 16.6. The summed E-state index contributed by atoms with van der Waals surface area (Å²) in [6.45, 7) is 4.75. The number of carbonyl (C=O) groups excluding carboxylic acids is 2. The summed E-state index contributed by atoms with van der Waals surface area (Å²) in [6, 6.07) is -0.614. The summed E-state index contributed by atoms with van der Waals surface area (Å²) in [5.74, 6) is -1.47. The standard InChI is InChI=1S/C52H97NO7/c1-6-8-10-12-14-16-18-20-22-23-24-25-26-27-29-30-32-34-36-38-40-42-50(54)59-47-48(46-58-45-44-49(52(56)57)53(3,4)5)60-51(55)43-41-39-37-35-33-31-28-21-19-17-15-13-11-9-7-2/h17,19,25-26,48-49H,6-16,18,20-24,27-47H2,1-5H3/p+1/b19-17+,26-25+. The van der Waals surface area contributed by atoms with Gasteiger partial charge in [-0.1, -0.05) is 179 Å². The first-order valence-electron chi connectivity index (χ1n) is 25.4. The lowest BCUT2D eigenvalue weighted by Gasteiger charge is -2.31. The summed E-state index contributed by atoms with van der Waals surface area (Å²) in [4.78, 5) is 37.1. The molecule has 0 radical (unpaired) electrons. The van der Waals surface area contributed by atoms with Gasteiger partial charge in [-0.25, -0.2) is 4.79 Å². The Morgan fingerprint density at radius 2 is 0.833 bits per heavy atom. The smallest absolute Gasteiger partial charge is 0.362 e. The molecule has 0 aliphatic rings. The summed E-state index contributed by atoms with van der Waals surface area (Å²) in [5.41, 5.74) is 0. The van der Waals surface area contributed by atoms with E-state index in [0.29, 0.717) is 19.3 Å². The van der Waals surface area contributed by atoms with E-state index in [1.165, 1.54) is 167 Å². The number of allylic oxidation sites excluding steroid dienone is 4. The number of hydrogen-bond donors (Lipinski definition) is 1. The molecule has 0 aromatic heterocycles. The number of likely N-dealkylation sites (N-methyl/N-ethyl adjacent to an activating group) is 1. The number of carboxylic acid groups (broad SMARTS) is 1. The van der Waals surface area contributed by atoms with Crippen LogP contribution in [0.15, 0.2) is 24.3 Å². The predicted molar refractivity (Wildman–Crippen MR) is 252 cm³/mol. The second-order valence-corrected chi connectivity index (χ2v) is 18.4. The SMILES string of the molecule is CCCCCC/C=C/CCCCCCCCCC(=O)OC(COCCC(C(=O)O)[N+](C)(C)C)COC(=O)CCCCCCCCC/C=C/CCCCCCCCCCCC. The zero-order valence-corrected chi connectivity index (χ0v) is 40.2. The first kappa shape index (κ1) is 57.8. The van der Waals surface area contributed by atoms with Crippen molar-refractivity contribution in [1.29, 1.82) is 0 Å². The molecule has 0 saturated carbocycles. The van der Waals surface area contributed by atoms with Crippen molar-refractivity contribution in [2.45, 2.75) is 251 Å². The minimum absolute atomic E-state index is 0.0516. The van der Waals surface area contributed by atoms with E-state index in [9.17, 15) is 19.5 Å². The summed E-state index contributed by atoms with van der Waals surface area (Å²) < 4.78 is 17.3. The number of carboxylic acids is 1. The highest BCUT2D eigenvalue weighted by Gasteiger charge is 2.31. The van der Waals surface area contributed by atoms with Gasteiger partial charge in [0.1, 0.15) is 6.61 Å². The van der Waals surface area contributed by atoms with Crippen LogP contribution in [-0.2, 0) is 28.6 Å². The van der Waals surface area contributed by atoms with E-state index in [0.717, 1.165) is 38.5 Å². The van der Waals surface area contributed by atoms with Crippen molar-refractivity contribution in [3.05, 3.63) is 24.3 Å². The van der Waals surface area contributed by atoms with Crippen molar-refractivity contribution in [2.24, 2.45) is 0 Å². The Morgan fingerprint density at radius 3 is 1.22 bits per heavy atom. The lowest BCUT2D eigenvalue weighted by Crippen LogP contribution is -2.50. The van der Waals surface area contributed by atoms with Crippen LogP contribution in [0.1, 0.15) is 239 Å². The van der Waals surface area contributed by atoms with Gasteiger partial charge in [-0.15, -0.1) is 0 Å². The van der Waals surface area contributed by atoms with Gasteiger partial charge in [0.25, 0.3) is 0 Å². The summed E-state index contributed by atoms with van der Waals surface area (Å²) in [7, 11) is 5.54. The maximum Gasteiger partial charge on any atom is 0.362 e. The zero-order chi connectivity index (χ0) is 44.2. The Hall–Kier alpha value is -2.19. The maximum absolute atomic E-state index is 12.8. The van der Waals surface area contributed by atoms with E-state index in [1.54, 1.807) is 0 Å². The van der Waals surface area contributed by atoms with Crippen LogP contribution in [0.2, 0.25) is 0 Å². The monoisotopic (exact) mass is 849 g/mol. The number of hydrogen-bond acceptors (Lipinski definition) is 6. The van der Waals surface area contributed by atoms with Crippen LogP contribution < -0.4 is 0 Å². The van der Waals surface area contributed by atoms with Crippen LogP contribution in [0.5, 0.6) is 0 Å². The second-order valence-electron chi connectivity index (χ2n) is 18.4. The van der Waals surface area contributed by atoms with Gasteiger partial charge in [-0.2, -0.15) is 0 Å². The Kier molecular flexibility index (Phi) is 41.9. The van der Waals surface area contributed by atoms with Crippen LogP contribution in [0.4, 0.5) is 0 Å². The summed E-state index contributed by atoms with van der Waals surface area (Å²) in [6.07, 6.45) is 49.4. The molecule has 2 unspecified atom stereocenters. The number of nitrogens with zero attached hydrogens (tertiary/aromatic N) is 1. The predicted octanol–water partition coefficient (Wildman–Crippen LogP) is 14.4. The van der Waals surface area contributed by atoms with Gasteiger partial charge >= 0.3 is 17.9 Å². The Morgan fingerprint density at radius 1 is 0.483 bits per heavy atom. The molecule has 0 amide bonds. The van der Waals surface area contributed by atoms with Crippen molar-refractivity contribution < 1.29 is 38.2 Å². The Balaban J connectivity index is 4.22. The van der Waals surface area contributed by atoms with Gasteiger partial charge in [0.05, 0.1) is 34.4 Å². The molecule has 8 heteroatoms. The van der Waals surface area contributed by atoms with E-state index in [2.05, 4.69) is 38.2 Å². The largest absolute Gasteiger partial charge is 0.477 e. The van der Waals surface area contributed by atoms with Gasteiger partial charge in [0.2, 0.25) is 0 Å². The van der Waals surface area contributed by atoms with Gasteiger partial charge in [0, 0.05) is 19.3 Å². The van der Waals surface area contributed by atoms with E-state index in [1.807, 2.05) is 21.1 Å². The average Bonchev–Trinajstić information content (AvgIpc) is 3.21. The molecule has 0 aliphatic carbocycles. The van der Waals surface area contributed by atoms with Crippen molar-refractivity contribution >= 4 is 17.9 Å². The third-order valence-electron chi connectivity index (χ3n) is 11.6. The number of unbranched alkanes of at least 4 members (excludes halogenated alkanes) is 28. The highest BCUT2D eigenvalue weighted by Crippen LogP contribution is 2.15. The fraction of sp³-hybridized carbons (Fsp3) is 0.865. The minimum atomic E-state index is -0.874. The molecular weight excluding hydrogens is 751 g/mol. The van der Waals surface area contributed by atoms with Crippen LogP contribution in [0.3, 0.4) is 0 Å². The van der Waals surface area contributed by atoms with Crippen molar-refractivity contribution in [1.82, 2.24) is 0 Å². The normalized spacial score (nSPS) is 13.0. The fourth-order valence-electron chi connectivity index (χ4n) is 7.61. The Bertz CT molecular complexity index is 1040. The number of carbonyl (C=O) groups is 3. The fourth-order valence-corrected chi connectivity index (χ4v) is 7.61. The van der Waals surface area contributed by atoms with Crippen molar-refractivity contribution in [2.75, 3.05) is 41.0 Å². The quantitative estimate of drug-likeness (QED) is 0.0282. The van der Waals surface area contributed by atoms with Crippen molar-refractivity contribution in [3.63, 3.8) is 0 Å². The molecule has 0 heterocycles. The molecule has 0 bridgehead atoms. The number of quaternary nitrogens is 1. The maximum atomic E-state index is 12.8. The molecule has 8 nitrogen and oxygen atoms in total. The van der Waals surface area contributed by atoms with Gasteiger partial charge in [-0.05, 0) is 64.2 Å². The first-order valence-corrected chi connectivity index (χ1v) is 25.4. The molecule has 2 atom stereocenters. The topological polar surface area (TPSA) is 99.1 Å². The third kappa shape index (κ3) is 41.2. The number of ether oxygens (including phenoxy) is 3. The second kappa shape index (κ2) is 43.5. The lowest BCUT2D eigenvalue weighted by molar-refractivity contribution is -0.887. The molecule has 0 aromatic carbocycles. The van der Waals surface area contributed by atoms with E-state index in [-0.39, 0.29) is 36.2 Å². The van der Waals surface area contributed by atoms with Crippen LogP contribution in [-0.4, -0.2) is 80.6 Å². The molecule has 0 spiro atoms. The molecule has 0 saturated heterocycles. The lowest BCUT2D eigenvalue weighted by atomic mass is 10.1. The van der Waals surface area contributed by atoms with Gasteiger partial charge in [0.15, 0.2) is 12.1 Å². The highest BCUT2D eigenvalue weighted by molar-refractivity contribution is 5.72. The van der Waals surface area contributed by atoms with E-state index >= 15 is 0 Å². The summed E-state index contributed by atoms with van der Waals surface area (Å²) in [5, 5.41) is 9.64. The molecule has 352 valence electrons. The third-order valence-corrected chi connectivity index (χ3v) is 11.6. The molecule has 0 fully saturated rings. The number of aliphatic carboxylic acids is 1. The molecule has 0 rings (SSSR count). The summed E-state index contributed by atoms with van der Waals surface area (Å²) >= 11 is 0. The van der Waals surface area contributed by atoms with E-state index < -0.39 is 18.1 Å². The first-order chi connectivity index (χ1) is 29.1. The molecule has 1 N–H and O–H groups in total. The molecule has 60 heavy (non-hydrogen) atoms. The van der Waals surface area contributed by atoms with Crippen LogP contribution in [0.25, 0.3) is 0 Å². The van der Waals surface area contributed by atoms with Crippen LogP contribution in [0, 0.1) is 0 Å². The van der Waals surface area contributed by atoms with Gasteiger partial charge in [-0.3, -0.25) is 9.59 Å². The average molecular weight is 849 g/mol. The van der Waals surface area contributed by atoms with Crippen LogP contribution >= 0.6 is 0 Å². The zero-order valence-electron chi connectivity index (χ0n) is 40.2. The molecule has 0 aliphatic heterocycles. The molecular formula is C52H98NO7+. The van der Waals surface area contributed by atoms with Crippen molar-refractivity contribution in [3.8, 4) is 0 Å². The number of esters is 2. The van der Waals surface area contributed by atoms with Gasteiger partial charge < -0.3 is 23.8 Å². The van der Waals surface area contributed by atoms with E-state index in [4.69, 9.17) is 14.2 Å². The number of rotatable bonds is 46. The molecule has 0 aromatic rings.